The normalized spacial score (nSPS) is 15.0. The van der Waals surface area contributed by atoms with Crippen LogP contribution in [-0.4, -0.2) is 70.9 Å². The second-order valence-electron chi connectivity index (χ2n) is 6.17. The van der Waals surface area contributed by atoms with Crippen molar-refractivity contribution in [3.05, 3.63) is 12.7 Å². The van der Waals surface area contributed by atoms with Crippen LogP contribution in [0.4, 0.5) is 0 Å². The van der Waals surface area contributed by atoms with E-state index in [1.165, 1.54) is 13.8 Å². The Kier molecular flexibility index (Phi) is 14.3. The average Bonchev–Trinajstić information content (AvgIpc) is 2.56. The molecule has 0 heterocycles. The monoisotopic (exact) mass is 365 g/mol. The van der Waals surface area contributed by atoms with Crippen LogP contribution in [0, 0.1) is 0 Å². The molecule has 3 N–H and O–H groups in total. The maximum atomic E-state index is 11.8. The number of carboxylic acid groups (broad SMARTS) is 2. The van der Waals surface area contributed by atoms with Crippen LogP contribution < -0.4 is 29.3 Å². The zero-order valence-electron chi connectivity index (χ0n) is 16.1. The number of unbranched alkanes of at least 4 members (excludes halogenated alkanes) is 2. The van der Waals surface area contributed by atoms with E-state index < -0.39 is 28.5 Å². The van der Waals surface area contributed by atoms with Crippen LogP contribution >= 0.6 is 0 Å². The number of hydrogen-bond donors (Lipinski definition) is 3. The fourth-order valence-corrected chi connectivity index (χ4v) is 2.90. The predicted molar refractivity (Wildman–Crippen MR) is 90.3 cm³/mol. The van der Waals surface area contributed by atoms with Gasteiger partial charge in [0.1, 0.15) is 12.6 Å². The van der Waals surface area contributed by atoms with Crippen molar-refractivity contribution in [2.24, 2.45) is 0 Å². The maximum Gasteiger partial charge on any atom is 1.00 e. The largest absolute Gasteiger partial charge is 1.00 e. The van der Waals surface area contributed by atoms with E-state index in [0.717, 1.165) is 19.3 Å². The van der Waals surface area contributed by atoms with Gasteiger partial charge in [-0.1, -0.05) is 6.08 Å². The van der Waals surface area contributed by atoms with Gasteiger partial charge in [0.05, 0.1) is 25.7 Å². The molecule has 8 nitrogen and oxygen atoms in total. The Labute approximate surface area is 167 Å². The Bertz CT molecular complexity index is 452. The van der Waals surface area contributed by atoms with E-state index in [4.69, 9.17) is 0 Å². The number of aliphatic hydroxyl groups is 1. The van der Waals surface area contributed by atoms with E-state index >= 15 is 0 Å². The molecule has 0 aromatic heterocycles. The van der Waals surface area contributed by atoms with Crippen LogP contribution in [0.15, 0.2) is 12.7 Å². The molecule has 0 spiro atoms. The van der Waals surface area contributed by atoms with E-state index in [2.05, 4.69) is 11.9 Å². The Morgan fingerprint density at radius 3 is 2.27 bits per heavy atom. The van der Waals surface area contributed by atoms with Crippen LogP contribution in [0.1, 0.15) is 39.5 Å². The molecule has 0 aliphatic rings. The first-order valence-corrected chi connectivity index (χ1v) is 8.51. The molecule has 3 unspecified atom stereocenters. The molecule has 1 amide bonds. The molecule has 26 heavy (non-hydrogen) atoms. The van der Waals surface area contributed by atoms with Crippen molar-refractivity contribution in [1.82, 2.24) is 5.32 Å². The molecule has 0 aromatic carbocycles. The zero-order chi connectivity index (χ0) is 19.5. The van der Waals surface area contributed by atoms with Crippen LogP contribution in [0.25, 0.3) is 0 Å². The van der Waals surface area contributed by atoms with Crippen LogP contribution in [0.5, 0.6) is 0 Å². The summed E-state index contributed by atoms with van der Waals surface area (Å²) >= 11 is 0. The summed E-state index contributed by atoms with van der Waals surface area (Å²) in [4.78, 5) is 34.6. The first-order valence-electron chi connectivity index (χ1n) is 8.51. The number of nitrogens with zero attached hydrogens (tertiary/aromatic N) is 1. The van der Waals surface area contributed by atoms with Crippen LogP contribution in [0.3, 0.4) is 0 Å². The third-order valence-corrected chi connectivity index (χ3v) is 4.67. The first-order chi connectivity index (χ1) is 11.7. The molecule has 0 bridgehead atoms. The van der Waals surface area contributed by atoms with Crippen molar-refractivity contribution in [1.29, 1.82) is 0 Å². The number of carbonyl (C=O) groups excluding carboxylic acids is 2. The van der Waals surface area contributed by atoms with Gasteiger partial charge in [0.15, 0.2) is 6.04 Å². The fraction of sp³-hybridized carbons (Fsp3) is 0.706. The average molecular weight is 365 g/mol. The molecule has 144 valence electrons. The van der Waals surface area contributed by atoms with Crippen molar-refractivity contribution in [2.75, 3.05) is 26.2 Å². The number of rotatable bonds is 14. The number of aliphatic hydroxyl groups excluding tert-OH is 1. The van der Waals surface area contributed by atoms with Crippen LogP contribution in [0.2, 0.25) is 0 Å². The second kappa shape index (κ2) is 13.8. The molecule has 0 saturated carbocycles. The number of amides is 1. The number of aliphatic carboxylic acids is 2. The molecule has 3 atom stereocenters. The molecule has 0 aromatic rings. The van der Waals surface area contributed by atoms with Gasteiger partial charge in [-0.05, 0) is 33.1 Å². The van der Waals surface area contributed by atoms with Gasteiger partial charge in [0.2, 0.25) is 5.91 Å². The molecule has 0 rings (SSSR count). The Morgan fingerprint density at radius 1 is 1.19 bits per heavy atom. The third kappa shape index (κ3) is 8.37. The summed E-state index contributed by atoms with van der Waals surface area (Å²) in [6.45, 7) is 6.13. The van der Waals surface area contributed by atoms with Gasteiger partial charge in [0.25, 0.3) is 0 Å². The molecule has 0 aliphatic carbocycles. The number of hydrogen-bond acceptors (Lipinski definition) is 5. The summed E-state index contributed by atoms with van der Waals surface area (Å²) < 4.78 is -0.398. The number of nitrogens with one attached hydrogen (secondary N) is 1. The summed E-state index contributed by atoms with van der Waals surface area (Å²) in [5, 5.41) is 32.7. The topological polar surface area (TPSA) is 127 Å². The smallest absolute Gasteiger partial charge is 0.544 e. The first kappa shape index (κ1) is 26.9. The van der Waals surface area contributed by atoms with Crippen molar-refractivity contribution in [2.45, 2.75) is 51.6 Å². The Balaban J connectivity index is 0. The van der Waals surface area contributed by atoms with Crippen molar-refractivity contribution >= 4 is 17.8 Å². The summed E-state index contributed by atoms with van der Waals surface area (Å²) in [5.41, 5.74) is 0. The van der Waals surface area contributed by atoms with Crippen molar-refractivity contribution in [3.63, 3.8) is 0 Å². The number of carbonyl (C=O) groups is 3. The summed E-state index contributed by atoms with van der Waals surface area (Å²) in [6, 6.07) is -2.20. The van der Waals surface area contributed by atoms with E-state index in [-0.39, 0.29) is 51.0 Å². The van der Waals surface area contributed by atoms with Gasteiger partial charge in [-0.15, -0.1) is 6.58 Å². The maximum absolute atomic E-state index is 11.8. The minimum Gasteiger partial charge on any atom is -0.544 e. The Hall–Kier alpha value is -1.33. The molecule has 0 fully saturated rings. The van der Waals surface area contributed by atoms with E-state index in [1.54, 1.807) is 6.08 Å². The summed E-state index contributed by atoms with van der Waals surface area (Å²) in [5.74, 6) is -2.73. The number of carboxylic acids is 2. The zero-order valence-corrected chi connectivity index (χ0v) is 16.1. The predicted octanol–water partition coefficient (Wildman–Crippen LogP) is -3.73. The Morgan fingerprint density at radius 2 is 1.81 bits per heavy atom. The summed E-state index contributed by atoms with van der Waals surface area (Å²) in [7, 11) is 0. The van der Waals surface area contributed by atoms with Crippen molar-refractivity contribution in [3.8, 4) is 0 Å². The minimum absolute atomic E-state index is 0. The van der Waals surface area contributed by atoms with E-state index in [0.29, 0.717) is 6.42 Å². The molecule has 9 heteroatoms. The van der Waals surface area contributed by atoms with Gasteiger partial charge in [-0.25, -0.2) is 4.79 Å². The van der Waals surface area contributed by atoms with E-state index in [9.17, 15) is 29.7 Å². The van der Waals surface area contributed by atoms with Gasteiger partial charge >= 0.3 is 24.8 Å². The minimum atomic E-state index is -1.39. The van der Waals surface area contributed by atoms with Gasteiger partial charge in [-0.2, -0.15) is 0 Å². The number of allylic oxidation sites excluding steroid dienone is 1. The molecule has 0 aliphatic heterocycles. The molecular weight excluding hydrogens is 335 g/mol. The SMILES string of the molecule is C=CCCCCC(=O)NCC[N+](CCO)(C(C)C(=O)[O-])C(C)C(=O)O.[Li+]. The van der Waals surface area contributed by atoms with Gasteiger partial charge in [0, 0.05) is 6.42 Å². The standard InChI is InChI=1S/C17H30N2O6.Li/c1-4-5-6-7-8-15(21)18-9-10-19(11-12-20,13(2)16(22)23)14(3)17(24)25;/h4,13-14,20H,1,5-12H2,2-3H3,(H2-,18,21,22,23,24,25);/q;+1. The fourth-order valence-electron chi connectivity index (χ4n) is 2.90. The molecule has 0 radical (unpaired) electrons. The van der Waals surface area contributed by atoms with Crippen LogP contribution in [-0.2, 0) is 14.4 Å². The summed E-state index contributed by atoms with van der Waals surface area (Å²) in [6.07, 6.45) is 4.54. The third-order valence-electron chi connectivity index (χ3n) is 4.67. The van der Waals surface area contributed by atoms with Crippen molar-refractivity contribution < 1.29 is 53.0 Å². The second-order valence-corrected chi connectivity index (χ2v) is 6.17. The molecular formula is C17H30LiN2O6+. The van der Waals surface area contributed by atoms with E-state index in [1.807, 2.05) is 0 Å². The quantitative estimate of drug-likeness (QED) is 0.126. The van der Waals surface area contributed by atoms with Gasteiger partial charge < -0.3 is 29.9 Å². The molecule has 0 saturated heterocycles. The number of quaternary nitrogens is 1. The van der Waals surface area contributed by atoms with Gasteiger partial charge in [-0.3, -0.25) is 4.79 Å².